The van der Waals surface area contributed by atoms with Gasteiger partial charge in [0.25, 0.3) is 0 Å². The molecule has 0 bridgehead atoms. The van der Waals surface area contributed by atoms with Crippen molar-refractivity contribution in [1.82, 2.24) is 10.2 Å². The third-order valence-electron chi connectivity index (χ3n) is 6.39. The summed E-state index contributed by atoms with van der Waals surface area (Å²) in [4.78, 5) is 26.9. The number of benzene rings is 1. The number of piperidine rings is 1. The average molecular weight is 417 g/mol. The monoisotopic (exact) mass is 416 g/mol. The molecule has 1 heterocycles. The summed E-state index contributed by atoms with van der Waals surface area (Å²) in [7, 11) is 1.37. The normalized spacial score (nSPS) is 21.7. The van der Waals surface area contributed by atoms with Crippen LogP contribution in [0.3, 0.4) is 0 Å². The van der Waals surface area contributed by atoms with E-state index in [1.165, 1.54) is 39.2 Å². The Bertz CT molecular complexity index is 685. The minimum atomic E-state index is -0.355. The van der Waals surface area contributed by atoms with E-state index in [2.05, 4.69) is 10.2 Å². The molecular formula is C24H36N2O4. The van der Waals surface area contributed by atoms with Gasteiger partial charge in [-0.3, -0.25) is 9.69 Å². The average Bonchev–Trinajstić information content (AvgIpc) is 2.79. The lowest BCUT2D eigenvalue weighted by Gasteiger charge is -2.35. The highest BCUT2D eigenvalue weighted by molar-refractivity contribution is 5.89. The van der Waals surface area contributed by atoms with Crippen molar-refractivity contribution in [2.45, 2.75) is 76.5 Å². The molecule has 6 heteroatoms. The lowest BCUT2D eigenvalue weighted by Crippen LogP contribution is -2.51. The number of hydrogen-bond acceptors (Lipinski definition) is 5. The van der Waals surface area contributed by atoms with Gasteiger partial charge in [0, 0.05) is 6.54 Å². The first kappa shape index (κ1) is 22.8. The van der Waals surface area contributed by atoms with Crippen LogP contribution in [0.15, 0.2) is 24.3 Å². The number of likely N-dealkylation sites (tertiary alicyclic amines) is 1. The molecule has 166 valence electrons. The minimum Gasteiger partial charge on any atom is -0.465 e. The highest BCUT2D eigenvalue weighted by Gasteiger charge is 2.29. The molecule has 0 radical (unpaired) electrons. The van der Waals surface area contributed by atoms with Crippen LogP contribution in [0.4, 0.5) is 0 Å². The fourth-order valence-electron chi connectivity index (χ4n) is 4.54. The number of rotatable bonds is 8. The van der Waals surface area contributed by atoms with E-state index in [4.69, 9.17) is 9.47 Å². The number of hydrogen-bond donors (Lipinski definition) is 1. The Balaban J connectivity index is 1.50. The number of esters is 1. The highest BCUT2D eigenvalue weighted by atomic mass is 16.5. The van der Waals surface area contributed by atoms with Crippen LogP contribution >= 0.6 is 0 Å². The number of nitrogens with zero attached hydrogens (tertiary/aromatic N) is 1. The zero-order chi connectivity index (χ0) is 21.3. The van der Waals surface area contributed by atoms with Gasteiger partial charge in [0.1, 0.15) is 0 Å². The predicted molar refractivity (Wildman–Crippen MR) is 116 cm³/mol. The lowest BCUT2D eigenvalue weighted by atomic mass is 9.98. The summed E-state index contributed by atoms with van der Waals surface area (Å²) in [6, 6.07) is 7.00. The highest BCUT2D eigenvalue weighted by Crippen LogP contribution is 2.22. The molecule has 1 aliphatic carbocycles. The van der Waals surface area contributed by atoms with Crippen molar-refractivity contribution in [2.24, 2.45) is 0 Å². The van der Waals surface area contributed by atoms with Gasteiger partial charge < -0.3 is 14.8 Å². The van der Waals surface area contributed by atoms with Gasteiger partial charge in [0.05, 0.1) is 37.5 Å². The molecule has 2 aliphatic rings. The summed E-state index contributed by atoms with van der Waals surface area (Å²) in [6.45, 7) is 4.45. The van der Waals surface area contributed by atoms with Crippen LogP contribution in [0.25, 0.3) is 0 Å². The molecule has 1 saturated heterocycles. The van der Waals surface area contributed by atoms with E-state index < -0.39 is 0 Å². The third kappa shape index (κ3) is 6.29. The van der Waals surface area contributed by atoms with Gasteiger partial charge >= 0.3 is 5.97 Å². The molecule has 1 aliphatic heterocycles. The lowest BCUT2D eigenvalue weighted by molar-refractivity contribution is -0.128. The molecule has 1 amide bonds. The van der Waals surface area contributed by atoms with Crippen molar-refractivity contribution in [3.05, 3.63) is 35.4 Å². The molecule has 0 aromatic heterocycles. The maximum atomic E-state index is 13.0. The first-order chi connectivity index (χ1) is 14.6. The molecule has 1 aromatic rings. The Morgan fingerprint density at radius 1 is 1.07 bits per heavy atom. The van der Waals surface area contributed by atoms with E-state index in [9.17, 15) is 9.59 Å². The molecule has 2 atom stereocenters. The molecule has 1 aromatic carbocycles. The second kappa shape index (κ2) is 11.5. The van der Waals surface area contributed by atoms with E-state index in [1.54, 1.807) is 12.1 Å². The van der Waals surface area contributed by atoms with Crippen LogP contribution in [0.5, 0.6) is 0 Å². The van der Waals surface area contributed by atoms with Crippen LogP contribution in [-0.2, 0) is 14.3 Å². The van der Waals surface area contributed by atoms with Crippen molar-refractivity contribution >= 4 is 11.9 Å². The number of methoxy groups -OCH3 is 1. The summed E-state index contributed by atoms with van der Waals surface area (Å²) in [5.41, 5.74) is 1.48. The van der Waals surface area contributed by atoms with Crippen LogP contribution < -0.4 is 5.32 Å². The zero-order valence-corrected chi connectivity index (χ0v) is 18.4. The van der Waals surface area contributed by atoms with Gasteiger partial charge in [-0.1, -0.05) is 37.8 Å². The van der Waals surface area contributed by atoms with Crippen LogP contribution in [0, 0.1) is 0 Å². The number of ether oxygens (including phenoxy) is 2. The van der Waals surface area contributed by atoms with E-state index in [1.807, 2.05) is 19.1 Å². The van der Waals surface area contributed by atoms with Gasteiger partial charge in [0.15, 0.2) is 0 Å². The fraction of sp³-hybridized carbons (Fsp3) is 0.667. The molecule has 1 saturated carbocycles. The van der Waals surface area contributed by atoms with E-state index in [0.29, 0.717) is 18.3 Å². The quantitative estimate of drug-likeness (QED) is 0.652. The van der Waals surface area contributed by atoms with Crippen molar-refractivity contribution in [2.75, 3.05) is 26.8 Å². The molecule has 6 nitrogen and oxygen atoms in total. The number of amides is 1. The summed E-state index contributed by atoms with van der Waals surface area (Å²) in [5, 5.41) is 3.16. The molecule has 1 N–H and O–H groups in total. The third-order valence-corrected chi connectivity index (χ3v) is 6.39. The van der Waals surface area contributed by atoms with Crippen LogP contribution in [0.2, 0.25) is 0 Å². The van der Waals surface area contributed by atoms with Gasteiger partial charge in [0.2, 0.25) is 5.91 Å². The summed E-state index contributed by atoms with van der Waals surface area (Å²) in [6.07, 6.45) is 9.75. The number of nitrogens with one attached hydrogen (secondary N) is 1. The predicted octanol–water partition coefficient (Wildman–Crippen LogP) is 3.85. The van der Waals surface area contributed by atoms with Gasteiger partial charge in [-0.25, -0.2) is 4.79 Å². The molecular weight excluding hydrogens is 380 g/mol. The smallest absolute Gasteiger partial charge is 0.337 e. The van der Waals surface area contributed by atoms with Crippen molar-refractivity contribution in [3.8, 4) is 0 Å². The Morgan fingerprint density at radius 3 is 2.47 bits per heavy atom. The van der Waals surface area contributed by atoms with Gasteiger partial charge in [-0.05, 0) is 56.8 Å². The number of carbonyl (C=O) groups excluding carboxylic acids is 2. The summed E-state index contributed by atoms with van der Waals surface area (Å²) in [5.74, 6) is -0.275. The fourth-order valence-corrected chi connectivity index (χ4v) is 4.54. The minimum absolute atomic E-state index is 0.0805. The van der Waals surface area contributed by atoms with Gasteiger partial charge in [-0.2, -0.15) is 0 Å². The molecule has 30 heavy (non-hydrogen) atoms. The van der Waals surface area contributed by atoms with E-state index in [0.717, 1.165) is 37.9 Å². The number of carbonyl (C=O) groups is 2. The van der Waals surface area contributed by atoms with Crippen LogP contribution in [0.1, 0.15) is 80.3 Å². The Morgan fingerprint density at radius 2 is 1.77 bits per heavy atom. The first-order valence-corrected chi connectivity index (χ1v) is 11.4. The second-order valence-corrected chi connectivity index (χ2v) is 8.52. The van der Waals surface area contributed by atoms with Gasteiger partial charge in [-0.15, -0.1) is 0 Å². The van der Waals surface area contributed by atoms with Crippen molar-refractivity contribution in [3.63, 3.8) is 0 Å². The Labute approximate surface area is 180 Å². The zero-order valence-electron chi connectivity index (χ0n) is 18.4. The standard InChI is InChI=1S/C24H36N2O4/c1-18(19-11-13-20(14-12-19)24(28)29-2)25-23(27)22-10-6-7-15-26(22)16-17-30-21-8-4-3-5-9-21/h11-14,18,21-22H,3-10,15-17H2,1-2H3,(H,25,27)/t18-,22+/m0/s1. The molecule has 0 spiro atoms. The maximum absolute atomic E-state index is 13.0. The van der Waals surface area contributed by atoms with E-state index in [-0.39, 0.29) is 24.0 Å². The van der Waals surface area contributed by atoms with E-state index >= 15 is 0 Å². The van der Waals surface area contributed by atoms with Crippen molar-refractivity contribution in [1.29, 1.82) is 0 Å². The first-order valence-electron chi connectivity index (χ1n) is 11.4. The largest absolute Gasteiger partial charge is 0.465 e. The molecule has 0 unspecified atom stereocenters. The summed E-state index contributed by atoms with van der Waals surface area (Å²) < 4.78 is 10.8. The molecule has 3 rings (SSSR count). The maximum Gasteiger partial charge on any atom is 0.337 e. The summed E-state index contributed by atoms with van der Waals surface area (Å²) >= 11 is 0. The molecule has 2 fully saturated rings. The SMILES string of the molecule is COC(=O)c1ccc([C@H](C)NC(=O)[C@H]2CCCCN2CCOC2CCCCC2)cc1. The van der Waals surface area contributed by atoms with Crippen LogP contribution in [-0.4, -0.2) is 55.7 Å². The Kier molecular flexibility index (Phi) is 8.70. The Hall–Kier alpha value is -1.92. The second-order valence-electron chi connectivity index (χ2n) is 8.52. The topological polar surface area (TPSA) is 67.9 Å². The van der Waals surface area contributed by atoms with Crippen molar-refractivity contribution < 1.29 is 19.1 Å².